The summed E-state index contributed by atoms with van der Waals surface area (Å²) in [5.41, 5.74) is 7.51. The monoisotopic (exact) mass is 288 g/mol. The van der Waals surface area contributed by atoms with Crippen LogP contribution in [0.5, 0.6) is 0 Å². The number of rotatable bonds is 4. The summed E-state index contributed by atoms with van der Waals surface area (Å²) in [7, 11) is 0. The Labute approximate surface area is 124 Å². The van der Waals surface area contributed by atoms with Crippen molar-refractivity contribution in [3.63, 3.8) is 0 Å². The van der Waals surface area contributed by atoms with Gasteiger partial charge in [-0.3, -0.25) is 4.79 Å². The summed E-state index contributed by atoms with van der Waals surface area (Å²) in [6.45, 7) is 0.590. The number of fused-ring (bicyclic) bond motifs is 1. The van der Waals surface area contributed by atoms with Crippen molar-refractivity contribution >= 4 is 23.1 Å². The van der Waals surface area contributed by atoms with Crippen LogP contribution in [0.1, 0.15) is 36.8 Å². The average Bonchev–Trinajstić information content (AvgIpc) is 3.19. The van der Waals surface area contributed by atoms with E-state index in [1.165, 1.54) is 25.7 Å². The van der Waals surface area contributed by atoms with Crippen molar-refractivity contribution in [2.24, 2.45) is 23.5 Å². The van der Waals surface area contributed by atoms with Gasteiger partial charge in [-0.15, -0.1) is 0 Å². The molecule has 4 heteroatoms. The fourth-order valence-corrected chi connectivity index (χ4v) is 3.61. The van der Waals surface area contributed by atoms with E-state index < -0.39 is 0 Å². The minimum Gasteiger partial charge on any atom is -0.389 e. The molecule has 106 valence electrons. The van der Waals surface area contributed by atoms with Crippen LogP contribution >= 0.6 is 12.2 Å². The summed E-state index contributed by atoms with van der Waals surface area (Å²) in [6, 6.07) is 7.74. The van der Waals surface area contributed by atoms with Crippen molar-refractivity contribution < 1.29 is 4.79 Å². The molecule has 2 saturated carbocycles. The topological polar surface area (TPSA) is 55.1 Å². The normalized spacial score (nSPS) is 27.5. The molecule has 3 nitrogen and oxygen atoms in total. The second-order valence-corrected chi connectivity index (χ2v) is 6.36. The summed E-state index contributed by atoms with van der Waals surface area (Å²) in [6.07, 6.45) is 5.08. The highest BCUT2D eigenvalue weighted by molar-refractivity contribution is 7.80. The summed E-state index contributed by atoms with van der Waals surface area (Å²) in [5, 5.41) is 3.06. The van der Waals surface area contributed by atoms with E-state index in [9.17, 15) is 4.79 Å². The molecule has 0 bridgehead atoms. The Morgan fingerprint density at radius 1 is 1.20 bits per heavy atom. The molecule has 2 atom stereocenters. The Bertz CT molecular complexity index is 514. The Morgan fingerprint density at radius 2 is 1.80 bits per heavy atom. The fraction of sp³-hybridized carbons (Fsp3) is 0.500. The van der Waals surface area contributed by atoms with Crippen molar-refractivity contribution in [3.8, 4) is 0 Å². The molecular weight excluding hydrogens is 268 g/mol. The van der Waals surface area contributed by atoms with Crippen molar-refractivity contribution in [3.05, 3.63) is 35.4 Å². The van der Waals surface area contributed by atoms with Crippen LogP contribution in [0.25, 0.3) is 0 Å². The van der Waals surface area contributed by atoms with Gasteiger partial charge >= 0.3 is 0 Å². The maximum atomic E-state index is 12.2. The van der Waals surface area contributed by atoms with Gasteiger partial charge in [-0.25, -0.2) is 0 Å². The van der Waals surface area contributed by atoms with E-state index in [0.29, 0.717) is 23.4 Å². The highest BCUT2D eigenvalue weighted by atomic mass is 32.1. The number of benzene rings is 1. The zero-order valence-electron chi connectivity index (χ0n) is 11.5. The third-order valence-corrected chi connectivity index (χ3v) is 4.90. The van der Waals surface area contributed by atoms with Crippen molar-refractivity contribution in [2.45, 2.75) is 32.2 Å². The van der Waals surface area contributed by atoms with Gasteiger partial charge in [-0.05, 0) is 30.2 Å². The van der Waals surface area contributed by atoms with E-state index in [4.69, 9.17) is 18.0 Å². The number of hydrogen-bond donors (Lipinski definition) is 2. The van der Waals surface area contributed by atoms with Gasteiger partial charge in [0.05, 0.1) is 0 Å². The van der Waals surface area contributed by atoms with Gasteiger partial charge in [-0.2, -0.15) is 0 Å². The molecule has 1 amide bonds. The first kappa shape index (κ1) is 13.6. The Balaban J connectivity index is 1.52. The molecule has 2 fully saturated rings. The van der Waals surface area contributed by atoms with Gasteiger partial charge in [0.25, 0.3) is 0 Å². The van der Waals surface area contributed by atoms with Crippen LogP contribution in [0.3, 0.4) is 0 Å². The number of amides is 1. The van der Waals surface area contributed by atoms with Crippen LogP contribution in [0.4, 0.5) is 0 Å². The first-order chi connectivity index (χ1) is 9.66. The van der Waals surface area contributed by atoms with E-state index in [-0.39, 0.29) is 11.8 Å². The SMILES string of the molecule is NC(=S)c1ccc(CNC(=O)C2C3CCCCC32)cc1. The number of nitrogens with two attached hydrogens (primary N) is 1. The number of nitrogens with one attached hydrogen (secondary N) is 1. The molecule has 3 N–H and O–H groups in total. The molecule has 20 heavy (non-hydrogen) atoms. The summed E-state index contributed by atoms with van der Waals surface area (Å²) < 4.78 is 0. The third-order valence-electron chi connectivity index (χ3n) is 4.66. The second-order valence-electron chi connectivity index (χ2n) is 5.92. The number of carbonyl (C=O) groups excluding carboxylic acids is 1. The van der Waals surface area contributed by atoms with Crippen molar-refractivity contribution in [2.75, 3.05) is 0 Å². The lowest BCUT2D eigenvalue weighted by atomic mass is 10.0. The fourth-order valence-electron chi connectivity index (χ4n) is 3.48. The number of carbonyl (C=O) groups is 1. The molecule has 0 aliphatic heterocycles. The molecular formula is C16H20N2OS. The molecule has 2 unspecified atom stereocenters. The Morgan fingerprint density at radius 3 is 2.35 bits per heavy atom. The molecule has 1 aromatic carbocycles. The molecule has 0 radical (unpaired) electrons. The van der Waals surface area contributed by atoms with Crippen LogP contribution in [0.15, 0.2) is 24.3 Å². The maximum absolute atomic E-state index is 12.2. The van der Waals surface area contributed by atoms with E-state index >= 15 is 0 Å². The largest absolute Gasteiger partial charge is 0.389 e. The average molecular weight is 288 g/mol. The quantitative estimate of drug-likeness (QED) is 0.836. The molecule has 2 aliphatic rings. The number of hydrogen-bond acceptors (Lipinski definition) is 2. The maximum Gasteiger partial charge on any atom is 0.223 e. The van der Waals surface area contributed by atoms with E-state index in [1.54, 1.807) is 0 Å². The van der Waals surface area contributed by atoms with Crippen LogP contribution in [-0.2, 0) is 11.3 Å². The van der Waals surface area contributed by atoms with Crippen LogP contribution in [0, 0.1) is 17.8 Å². The number of thiocarbonyl (C=S) groups is 1. The van der Waals surface area contributed by atoms with Gasteiger partial charge in [-0.1, -0.05) is 49.3 Å². The van der Waals surface area contributed by atoms with Gasteiger partial charge < -0.3 is 11.1 Å². The Hall–Kier alpha value is -1.42. The molecule has 0 heterocycles. The van der Waals surface area contributed by atoms with Crippen LogP contribution in [0.2, 0.25) is 0 Å². The minimum absolute atomic E-state index is 0.236. The molecule has 0 aromatic heterocycles. The smallest absolute Gasteiger partial charge is 0.223 e. The molecule has 3 rings (SSSR count). The standard InChI is InChI=1S/C16H20N2OS/c17-15(20)11-7-5-10(6-8-11)9-18-16(19)14-12-3-1-2-4-13(12)14/h5-8,12-14H,1-4,9H2,(H2,17,20)(H,18,19). The molecule has 2 aliphatic carbocycles. The zero-order chi connectivity index (χ0) is 14.1. The van der Waals surface area contributed by atoms with Gasteiger partial charge in [0.1, 0.15) is 4.99 Å². The lowest BCUT2D eigenvalue weighted by molar-refractivity contribution is -0.123. The molecule has 0 saturated heterocycles. The van der Waals surface area contributed by atoms with Crippen molar-refractivity contribution in [1.29, 1.82) is 0 Å². The summed E-state index contributed by atoms with van der Waals surface area (Å²) in [4.78, 5) is 12.6. The lowest BCUT2D eigenvalue weighted by Gasteiger charge is -2.06. The van der Waals surface area contributed by atoms with Crippen LogP contribution in [-0.4, -0.2) is 10.9 Å². The highest BCUT2D eigenvalue weighted by Crippen LogP contribution is 2.55. The van der Waals surface area contributed by atoms with E-state index in [0.717, 1.165) is 11.1 Å². The highest BCUT2D eigenvalue weighted by Gasteiger charge is 2.54. The van der Waals surface area contributed by atoms with Gasteiger partial charge in [0.2, 0.25) is 5.91 Å². The molecule has 0 spiro atoms. The lowest BCUT2D eigenvalue weighted by Crippen LogP contribution is -2.25. The third kappa shape index (κ3) is 2.70. The van der Waals surface area contributed by atoms with Crippen LogP contribution < -0.4 is 11.1 Å². The Kier molecular flexibility index (Phi) is 3.74. The predicted octanol–water partition coefficient (Wildman–Crippen LogP) is 2.37. The van der Waals surface area contributed by atoms with Gasteiger partial charge in [0, 0.05) is 18.0 Å². The van der Waals surface area contributed by atoms with E-state index in [2.05, 4.69) is 5.32 Å². The first-order valence-corrected chi connectivity index (χ1v) is 7.74. The summed E-state index contributed by atoms with van der Waals surface area (Å²) in [5.74, 6) is 1.86. The molecule has 1 aromatic rings. The van der Waals surface area contributed by atoms with E-state index in [1.807, 2.05) is 24.3 Å². The zero-order valence-corrected chi connectivity index (χ0v) is 12.3. The second kappa shape index (κ2) is 5.52. The minimum atomic E-state index is 0.236. The van der Waals surface area contributed by atoms with Crippen molar-refractivity contribution in [1.82, 2.24) is 5.32 Å². The summed E-state index contributed by atoms with van der Waals surface area (Å²) >= 11 is 4.92. The van der Waals surface area contributed by atoms with Gasteiger partial charge in [0.15, 0.2) is 0 Å². The predicted molar refractivity (Wildman–Crippen MR) is 83.1 cm³/mol. The first-order valence-electron chi connectivity index (χ1n) is 7.33.